The molecule has 0 spiro atoms. The van der Waals surface area contributed by atoms with E-state index in [-0.39, 0.29) is 21.6 Å². The van der Waals surface area contributed by atoms with Crippen LogP contribution in [0.3, 0.4) is 0 Å². The van der Waals surface area contributed by atoms with Gasteiger partial charge in [-0.3, -0.25) is 9.10 Å². The number of para-hydroxylation sites is 1. The van der Waals surface area contributed by atoms with Crippen molar-refractivity contribution < 1.29 is 22.7 Å². The van der Waals surface area contributed by atoms with Gasteiger partial charge in [0, 0.05) is 12.0 Å². The molecule has 1 aliphatic heterocycles. The molecule has 3 aromatic rings. The molecular weight excluding hydrogens is 512 g/mol. The zero-order chi connectivity index (χ0) is 26.6. The van der Waals surface area contributed by atoms with Gasteiger partial charge in [0.1, 0.15) is 23.6 Å². The molecule has 9 heteroatoms. The number of carbonyl (C=O) groups excluding carboxylic acids is 1. The lowest BCUT2D eigenvalue weighted by atomic mass is 9.83. The summed E-state index contributed by atoms with van der Waals surface area (Å²) in [5, 5.41) is 3.32. The lowest BCUT2D eigenvalue weighted by Gasteiger charge is -2.41. The Hall–Kier alpha value is -3.23. The molecule has 1 aliphatic rings. The molecule has 1 N–H and O–H groups in total. The molecule has 0 unspecified atom stereocenters. The van der Waals surface area contributed by atoms with Gasteiger partial charge in [0.05, 0.1) is 28.8 Å². The summed E-state index contributed by atoms with van der Waals surface area (Å²) >= 11 is 6.32. The molecule has 3 aromatic carbocycles. The maximum absolute atomic E-state index is 13.7. The van der Waals surface area contributed by atoms with E-state index in [0.717, 1.165) is 28.5 Å². The maximum Gasteiger partial charge on any atom is 0.264 e. The number of methoxy groups -OCH3 is 1. The van der Waals surface area contributed by atoms with Crippen molar-refractivity contribution in [2.45, 2.75) is 49.6 Å². The molecule has 0 saturated heterocycles. The van der Waals surface area contributed by atoms with E-state index in [4.69, 9.17) is 21.1 Å². The summed E-state index contributed by atoms with van der Waals surface area (Å²) < 4.78 is 40.0. The Morgan fingerprint density at radius 3 is 2.41 bits per heavy atom. The minimum absolute atomic E-state index is 0.0714. The Morgan fingerprint density at radius 1 is 1.08 bits per heavy atom. The Kier molecular flexibility index (Phi) is 7.99. The quantitative estimate of drug-likeness (QED) is 0.372. The van der Waals surface area contributed by atoms with Crippen LogP contribution < -0.4 is 19.1 Å². The van der Waals surface area contributed by atoms with Crippen LogP contribution in [-0.2, 0) is 14.8 Å². The molecule has 0 fully saturated rings. The van der Waals surface area contributed by atoms with E-state index in [1.807, 2.05) is 24.3 Å². The minimum atomic E-state index is -4.07. The number of halogens is 1. The van der Waals surface area contributed by atoms with Crippen LogP contribution in [0.15, 0.2) is 77.7 Å². The number of nitrogens with one attached hydrogen (secondary N) is 1. The molecule has 0 radical (unpaired) electrons. The van der Waals surface area contributed by atoms with Crippen LogP contribution >= 0.6 is 11.6 Å². The van der Waals surface area contributed by atoms with Crippen LogP contribution in [-0.4, -0.2) is 33.6 Å². The average molecular weight is 543 g/mol. The molecule has 1 atom stereocenters. The van der Waals surface area contributed by atoms with E-state index in [1.54, 1.807) is 30.3 Å². The summed E-state index contributed by atoms with van der Waals surface area (Å²) in [6.07, 6.45) is 2.15. The van der Waals surface area contributed by atoms with Crippen LogP contribution in [0.1, 0.15) is 44.7 Å². The van der Waals surface area contributed by atoms with Crippen molar-refractivity contribution in [2.24, 2.45) is 0 Å². The Balaban J connectivity index is 1.67. The van der Waals surface area contributed by atoms with Crippen molar-refractivity contribution in [3.8, 4) is 11.5 Å². The molecule has 4 rings (SSSR count). The first-order valence-electron chi connectivity index (χ1n) is 12.2. The van der Waals surface area contributed by atoms with Gasteiger partial charge in [0.2, 0.25) is 5.91 Å². The standard InChI is InChI=1S/C28H31ClN2O5S/c1-4-28(5-2)18-24(22-13-9-10-14-25(22)36-28)30-27(32)19-31(20-15-16-26(35-3)23(29)17-20)37(33,34)21-11-7-6-8-12-21/h6-17,24H,4-5,18-19H2,1-3H3,(H,30,32)/t24-/m0/s1. The van der Waals surface area contributed by atoms with Gasteiger partial charge in [-0.1, -0.05) is 61.8 Å². The number of rotatable bonds is 9. The monoisotopic (exact) mass is 542 g/mol. The first-order valence-corrected chi connectivity index (χ1v) is 14.0. The number of hydrogen-bond donors (Lipinski definition) is 1. The highest BCUT2D eigenvalue weighted by molar-refractivity contribution is 7.92. The predicted octanol–water partition coefficient (Wildman–Crippen LogP) is 5.74. The topological polar surface area (TPSA) is 84.9 Å². The fourth-order valence-electron chi connectivity index (χ4n) is 4.65. The molecule has 0 bridgehead atoms. The second-order valence-corrected chi connectivity index (χ2v) is 11.3. The molecule has 196 valence electrons. The maximum atomic E-state index is 13.7. The van der Waals surface area contributed by atoms with Crippen LogP contribution in [0.5, 0.6) is 11.5 Å². The highest BCUT2D eigenvalue weighted by Crippen LogP contribution is 2.42. The van der Waals surface area contributed by atoms with Gasteiger partial charge in [-0.25, -0.2) is 8.42 Å². The highest BCUT2D eigenvalue weighted by Gasteiger charge is 2.39. The van der Waals surface area contributed by atoms with Crippen LogP contribution in [0.25, 0.3) is 0 Å². The fraction of sp³-hybridized carbons (Fsp3) is 0.321. The van der Waals surface area contributed by atoms with Crippen LogP contribution in [0.4, 0.5) is 5.69 Å². The van der Waals surface area contributed by atoms with Crippen molar-refractivity contribution in [3.63, 3.8) is 0 Å². The van der Waals surface area contributed by atoms with Gasteiger partial charge in [-0.2, -0.15) is 0 Å². The van der Waals surface area contributed by atoms with Gasteiger partial charge in [0.15, 0.2) is 0 Å². The Morgan fingerprint density at radius 2 is 1.76 bits per heavy atom. The average Bonchev–Trinajstić information content (AvgIpc) is 2.92. The first kappa shape index (κ1) is 26.8. The molecule has 0 aromatic heterocycles. The third kappa shape index (κ3) is 5.55. The summed E-state index contributed by atoms with van der Waals surface area (Å²) in [7, 11) is -2.59. The number of amides is 1. The first-order chi connectivity index (χ1) is 17.7. The Labute approximate surface area is 223 Å². The normalized spacial score (nSPS) is 16.3. The van der Waals surface area contributed by atoms with Crippen LogP contribution in [0.2, 0.25) is 5.02 Å². The fourth-order valence-corrected chi connectivity index (χ4v) is 6.33. The predicted molar refractivity (Wildman–Crippen MR) is 145 cm³/mol. The second kappa shape index (κ2) is 11.0. The molecule has 37 heavy (non-hydrogen) atoms. The highest BCUT2D eigenvalue weighted by atomic mass is 35.5. The van der Waals surface area contributed by atoms with Crippen LogP contribution in [0, 0.1) is 0 Å². The van der Waals surface area contributed by atoms with E-state index in [9.17, 15) is 13.2 Å². The van der Waals surface area contributed by atoms with Gasteiger partial charge in [-0.15, -0.1) is 0 Å². The number of sulfonamides is 1. The largest absolute Gasteiger partial charge is 0.495 e. The molecule has 0 aliphatic carbocycles. The lowest BCUT2D eigenvalue weighted by molar-refractivity contribution is -0.121. The zero-order valence-corrected chi connectivity index (χ0v) is 22.7. The smallest absolute Gasteiger partial charge is 0.264 e. The molecule has 1 amide bonds. The van der Waals surface area contributed by atoms with E-state index in [2.05, 4.69) is 19.2 Å². The number of fused-ring (bicyclic) bond motifs is 1. The van der Waals surface area contributed by atoms with E-state index in [0.29, 0.717) is 12.2 Å². The van der Waals surface area contributed by atoms with Gasteiger partial charge in [0.25, 0.3) is 10.0 Å². The number of anilines is 1. The van der Waals surface area contributed by atoms with Crippen molar-refractivity contribution in [1.82, 2.24) is 5.32 Å². The SMILES string of the molecule is CCC1(CC)C[C@H](NC(=O)CN(c2ccc(OC)c(Cl)c2)S(=O)(=O)c2ccccc2)c2ccccc2O1. The summed E-state index contributed by atoms with van der Waals surface area (Å²) in [5.74, 6) is 0.703. The van der Waals surface area contributed by atoms with Crippen molar-refractivity contribution >= 4 is 33.2 Å². The van der Waals surface area contributed by atoms with Crippen molar-refractivity contribution in [1.29, 1.82) is 0 Å². The minimum Gasteiger partial charge on any atom is -0.495 e. The number of carbonyl (C=O) groups is 1. The molecule has 7 nitrogen and oxygen atoms in total. The summed E-state index contributed by atoms with van der Waals surface area (Å²) in [6.45, 7) is 3.71. The number of benzene rings is 3. The summed E-state index contributed by atoms with van der Waals surface area (Å²) in [6, 6.07) is 19.9. The third-order valence-corrected chi connectivity index (χ3v) is 8.95. The molecule has 0 saturated carbocycles. The van der Waals surface area contributed by atoms with E-state index < -0.39 is 28.1 Å². The molecule has 1 heterocycles. The van der Waals surface area contributed by atoms with E-state index in [1.165, 1.54) is 25.3 Å². The lowest BCUT2D eigenvalue weighted by Crippen LogP contribution is -2.47. The van der Waals surface area contributed by atoms with Crippen molar-refractivity contribution in [3.05, 3.63) is 83.4 Å². The van der Waals surface area contributed by atoms with Gasteiger partial charge >= 0.3 is 0 Å². The Bertz CT molecular complexity index is 1360. The zero-order valence-electron chi connectivity index (χ0n) is 21.1. The summed E-state index contributed by atoms with van der Waals surface area (Å²) in [4.78, 5) is 13.5. The molecular formula is C28H31ClN2O5S. The van der Waals surface area contributed by atoms with E-state index >= 15 is 0 Å². The van der Waals surface area contributed by atoms with Gasteiger partial charge < -0.3 is 14.8 Å². The number of hydrogen-bond acceptors (Lipinski definition) is 5. The number of ether oxygens (including phenoxy) is 2. The third-order valence-electron chi connectivity index (χ3n) is 6.86. The van der Waals surface area contributed by atoms with Gasteiger partial charge in [-0.05, 0) is 49.2 Å². The van der Waals surface area contributed by atoms with Crippen molar-refractivity contribution in [2.75, 3.05) is 18.0 Å². The summed E-state index contributed by atoms with van der Waals surface area (Å²) in [5.41, 5.74) is 0.720. The number of nitrogens with zero attached hydrogens (tertiary/aromatic N) is 1. The second-order valence-electron chi connectivity index (χ2n) is 9.00.